The van der Waals surface area contributed by atoms with Crippen LogP contribution in [0.1, 0.15) is 25.0 Å². The van der Waals surface area contributed by atoms with Crippen LogP contribution >= 0.6 is 15.8 Å². The molecule has 0 saturated carbocycles. The van der Waals surface area contributed by atoms with Crippen LogP contribution in [-0.2, 0) is 25.7 Å². The first kappa shape index (κ1) is 41.0. The number of hydrogen-bond donors (Lipinski definition) is 2. The Balaban J connectivity index is 0.00000261. The van der Waals surface area contributed by atoms with E-state index in [2.05, 4.69) is 0 Å². The van der Waals surface area contributed by atoms with Crippen molar-refractivity contribution in [2.75, 3.05) is 0 Å². The first-order valence-corrected chi connectivity index (χ1v) is 21.2. The summed E-state index contributed by atoms with van der Waals surface area (Å²) in [6.45, 7) is 3.73. The Morgan fingerprint density at radius 2 is 0.750 bits per heavy atom. The van der Waals surface area contributed by atoms with Crippen molar-refractivity contribution in [1.82, 2.24) is 0 Å². The SMILES string of the molecule is CC1(C)c2cc(S(=O)(=O)O)cc(P(c3ccccc3)c3ccccc3)c2Oc2c(P(c3ccccc3)c3ccccc3)cc(S(=O)(=O)O)cc21.[Na+].[Na+]. The molecule has 1 aliphatic heterocycles. The maximum absolute atomic E-state index is 12.9. The monoisotopic (exact) mass is 784 g/mol. The van der Waals surface area contributed by atoms with Gasteiger partial charge in [-0.2, -0.15) is 16.8 Å². The third kappa shape index (κ3) is 8.08. The van der Waals surface area contributed by atoms with E-state index in [1.807, 2.05) is 135 Å². The zero-order chi connectivity index (χ0) is 35.3. The quantitative estimate of drug-likeness (QED) is 0.128. The van der Waals surface area contributed by atoms with Crippen molar-refractivity contribution in [2.45, 2.75) is 29.1 Å². The topological polar surface area (TPSA) is 118 Å². The molecular formula is C39H32Na2O7P2S2+2. The van der Waals surface area contributed by atoms with E-state index in [4.69, 9.17) is 4.74 Å². The van der Waals surface area contributed by atoms with E-state index in [9.17, 15) is 25.9 Å². The molecule has 1 heterocycles. The molecule has 52 heavy (non-hydrogen) atoms. The molecule has 13 heteroatoms. The second kappa shape index (κ2) is 16.3. The molecule has 2 N–H and O–H groups in total. The van der Waals surface area contributed by atoms with Gasteiger partial charge in [0.05, 0.1) is 9.79 Å². The van der Waals surface area contributed by atoms with Crippen LogP contribution < -0.4 is 95.7 Å². The molecule has 0 aliphatic carbocycles. The summed E-state index contributed by atoms with van der Waals surface area (Å²) in [6, 6.07) is 44.7. The number of hydrogen-bond acceptors (Lipinski definition) is 5. The van der Waals surface area contributed by atoms with E-state index in [1.54, 1.807) is 0 Å². The molecule has 6 aromatic carbocycles. The van der Waals surface area contributed by atoms with Gasteiger partial charge in [0.1, 0.15) is 11.5 Å². The molecule has 0 spiro atoms. The minimum absolute atomic E-state index is 0. The van der Waals surface area contributed by atoms with Gasteiger partial charge >= 0.3 is 59.1 Å². The van der Waals surface area contributed by atoms with Gasteiger partial charge in [0.15, 0.2) is 0 Å². The molecule has 0 fully saturated rings. The fourth-order valence-electron chi connectivity index (χ4n) is 6.36. The van der Waals surface area contributed by atoms with Crippen molar-refractivity contribution in [1.29, 1.82) is 0 Å². The summed E-state index contributed by atoms with van der Waals surface area (Å²) in [5.41, 5.74) is -0.148. The molecular weight excluding hydrogens is 752 g/mol. The third-order valence-corrected chi connectivity index (χ3v) is 15.3. The van der Waals surface area contributed by atoms with Crippen molar-refractivity contribution in [3.63, 3.8) is 0 Å². The standard InChI is InChI=1S/C39H32O7P2S2.2Na/c1-39(2)33-23-31(49(40,41)42)25-35(47(27-15-7-3-8-16-27)28-17-9-4-10-18-28)37(33)46-38-34(39)24-32(50(43,44)45)26-36(38)48(29-19-11-5-12-20-29)30-21-13-6-14-22-30;;/h3-26H,1-2H3,(H,40,41,42)(H,43,44,45);;/q;2*+1. The molecule has 0 aromatic heterocycles. The largest absolute Gasteiger partial charge is 1.00 e. The van der Waals surface area contributed by atoms with Crippen LogP contribution in [0.2, 0.25) is 0 Å². The van der Waals surface area contributed by atoms with Gasteiger partial charge in [-0.15, -0.1) is 0 Å². The normalized spacial score (nSPS) is 13.3. The number of fused-ring (bicyclic) bond motifs is 2. The van der Waals surface area contributed by atoms with Gasteiger partial charge in [-0.25, -0.2) is 0 Å². The summed E-state index contributed by atoms with van der Waals surface area (Å²) < 4.78 is 79.5. The van der Waals surface area contributed by atoms with E-state index in [0.717, 1.165) is 21.2 Å². The second-order valence-electron chi connectivity index (χ2n) is 12.3. The number of benzene rings is 6. The van der Waals surface area contributed by atoms with Crippen molar-refractivity contribution >= 4 is 67.9 Å². The Kier molecular flexibility index (Phi) is 12.8. The van der Waals surface area contributed by atoms with Crippen LogP contribution in [0, 0.1) is 0 Å². The molecule has 0 atom stereocenters. The fraction of sp³-hybridized carbons (Fsp3) is 0.0769. The molecule has 0 saturated heterocycles. The maximum atomic E-state index is 12.9. The molecule has 7 rings (SSSR count). The maximum Gasteiger partial charge on any atom is 1.00 e. The predicted molar refractivity (Wildman–Crippen MR) is 202 cm³/mol. The van der Waals surface area contributed by atoms with E-state index >= 15 is 0 Å². The Morgan fingerprint density at radius 3 is 1.00 bits per heavy atom. The first-order valence-electron chi connectivity index (χ1n) is 15.6. The van der Waals surface area contributed by atoms with Gasteiger partial charge in [-0.3, -0.25) is 9.11 Å². The van der Waals surface area contributed by atoms with Crippen LogP contribution in [0.15, 0.2) is 155 Å². The van der Waals surface area contributed by atoms with Gasteiger partial charge in [0.25, 0.3) is 20.2 Å². The second-order valence-corrected chi connectivity index (χ2v) is 19.5. The van der Waals surface area contributed by atoms with Gasteiger partial charge < -0.3 is 4.74 Å². The minimum Gasteiger partial charge on any atom is -0.455 e. The summed E-state index contributed by atoms with van der Waals surface area (Å²) >= 11 is 0. The predicted octanol–water partition coefficient (Wildman–Crippen LogP) is 0.136. The average Bonchev–Trinajstić information content (AvgIpc) is 3.10. The molecule has 6 aromatic rings. The van der Waals surface area contributed by atoms with Gasteiger partial charge in [-0.1, -0.05) is 135 Å². The Labute approximate surface area is 351 Å². The Hall–Kier alpha value is -2.20. The van der Waals surface area contributed by atoms with Gasteiger partial charge in [0.2, 0.25) is 0 Å². The van der Waals surface area contributed by atoms with Crippen molar-refractivity contribution in [2.24, 2.45) is 0 Å². The first-order chi connectivity index (χ1) is 23.8. The fourth-order valence-corrected chi connectivity index (χ4v) is 12.5. The van der Waals surface area contributed by atoms with Gasteiger partial charge in [-0.05, 0) is 61.3 Å². The molecule has 252 valence electrons. The van der Waals surface area contributed by atoms with Crippen LogP contribution in [0.4, 0.5) is 0 Å². The van der Waals surface area contributed by atoms with E-state index < -0.39 is 41.5 Å². The Bertz CT molecular complexity index is 2190. The molecule has 0 bridgehead atoms. The molecule has 0 radical (unpaired) electrons. The number of rotatable bonds is 8. The van der Waals surface area contributed by atoms with Gasteiger partial charge in [0, 0.05) is 27.2 Å². The summed E-state index contributed by atoms with van der Waals surface area (Å²) in [7, 11) is -12.2. The molecule has 0 unspecified atom stereocenters. The zero-order valence-corrected chi connectivity index (χ0v) is 36.4. The van der Waals surface area contributed by atoms with Crippen molar-refractivity contribution in [3.8, 4) is 11.5 Å². The Morgan fingerprint density at radius 1 is 0.481 bits per heavy atom. The summed E-state index contributed by atoms with van der Waals surface area (Å²) in [6.07, 6.45) is 0. The average molecular weight is 785 g/mol. The number of ether oxygens (including phenoxy) is 1. The van der Waals surface area contributed by atoms with Crippen molar-refractivity contribution < 1.29 is 89.8 Å². The molecule has 0 amide bonds. The van der Waals surface area contributed by atoms with Crippen LogP contribution in [0.25, 0.3) is 0 Å². The van der Waals surface area contributed by atoms with Crippen LogP contribution in [-0.4, -0.2) is 25.9 Å². The zero-order valence-electron chi connectivity index (χ0n) is 29.0. The van der Waals surface area contributed by atoms with Crippen LogP contribution in [0.3, 0.4) is 0 Å². The summed E-state index contributed by atoms with van der Waals surface area (Å²) in [4.78, 5) is -0.597. The van der Waals surface area contributed by atoms with E-state index in [-0.39, 0.29) is 68.9 Å². The van der Waals surface area contributed by atoms with Crippen LogP contribution in [0.5, 0.6) is 11.5 Å². The summed E-state index contributed by atoms with van der Waals surface area (Å²) in [5.74, 6) is 0.872. The van der Waals surface area contributed by atoms with E-state index in [0.29, 0.717) is 33.2 Å². The summed E-state index contributed by atoms with van der Waals surface area (Å²) in [5, 5.41) is 4.91. The minimum atomic E-state index is -4.69. The molecule has 1 aliphatic rings. The van der Waals surface area contributed by atoms with E-state index in [1.165, 1.54) is 24.3 Å². The van der Waals surface area contributed by atoms with Crippen molar-refractivity contribution in [3.05, 3.63) is 157 Å². The molecule has 7 nitrogen and oxygen atoms in total. The third-order valence-electron chi connectivity index (χ3n) is 8.77. The smallest absolute Gasteiger partial charge is 0.455 e.